The van der Waals surface area contributed by atoms with Gasteiger partial charge in [0.25, 0.3) is 0 Å². The molecule has 134 valence electrons. The Morgan fingerprint density at radius 3 is 2.81 bits per heavy atom. The van der Waals surface area contributed by atoms with Gasteiger partial charge in [-0.25, -0.2) is 4.99 Å². The molecule has 0 fully saturated rings. The van der Waals surface area contributed by atoms with Gasteiger partial charge in [0.05, 0.1) is 29.6 Å². The van der Waals surface area contributed by atoms with Crippen molar-refractivity contribution in [2.24, 2.45) is 9.98 Å². The molecule has 0 spiro atoms. The largest absolute Gasteiger partial charge is 0.371 e. The normalized spacial score (nSPS) is 16.8. The summed E-state index contributed by atoms with van der Waals surface area (Å²) in [5.41, 5.74) is 8.05. The van der Waals surface area contributed by atoms with E-state index in [1.807, 2.05) is 0 Å². The SMILES string of the molecule is CCCN(CCC#N)c1ccc2c(c1)CC1=CC(=NCC)C(C)=CC1=N2. The number of nitriles is 1. The summed E-state index contributed by atoms with van der Waals surface area (Å²) in [6.45, 7) is 8.87. The second-order valence-corrected chi connectivity index (χ2v) is 6.74. The van der Waals surface area contributed by atoms with Gasteiger partial charge >= 0.3 is 0 Å². The fourth-order valence-corrected chi connectivity index (χ4v) is 3.49. The van der Waals surface area contributed by atoms with Gasteiger partial charge in [-0.3, -0.25) is 4.99 Å². The highest BCUT2D eigenvalue weighted by atomic mass is 15.1. The Balaban J connectivity index is 1.93. The topological polar surface area (TPSA) is 51.8 Å². The summed E-state index contributed by atoms with van der Waals surface area (Å²) in [5.74, 6) is 0. The van der Waals surface area contributed by atoms with Crippen molar-refractivity contribution in [2.75, 3.05) is 24.5 Å². The number of allylic oxidation sites excluding steroid dienone is 4. The van der Waals surface area contributed by atoms with Crippen molar-refractivity contribution < 1.29 is 0 Å². The van der Waals surface area contributed by atoms with Crippen molar-refractivity contribution in [3.63, 3.8) is 0 Å². The molecule has 0 bridgehead atoms. The van der Waals surface area contributed by atoms with E-state index in [1.165, 1.54) is 22.4 Å². The number of hydrogen-bond acceptors (Lipinski definition) is 4. The molecular weight excluding hydrogens is 320 g/mol. The van der Waals surface area contributed by atoms with Crippen LogP contribution in [0.15, 0.2) is 51.5 Å². The lowest BCUT2D eigenvalue weighted by Crippen LogP contribution is -2.25. The van der Waals surface area contributed by atoms with Gasteiger partial charge in [-0.05, 0) is 67.3 Å². The smallest absolute Gasteiger partial charge is 0.0676 e. The Labute approximate surface area is 156 Å². The highest BCUT2D eigenvalue weighted by Crippen LogP contribution is 2.34. The zero-order valence-electron chi connectivity index (χ0n) is 15.9. The first-order valence-corrected chi connectivity index (χ1v) is 9.43. The Kier molecular flexibility index (Phi) is 5.68. The van der Waals surface area contributed by atoms with Crippen molar-refractivity contribution in [1.29, 1.82) is 5.26 Å². The van der Waals surface area contributed by atoms with Crippen molar-refractivity contribution in [1.82, 2.24) is 0 Å². The molecule has 26 heavy (non-hydrogen) atoms. The van der Waals surface area contributed by atoms with Gasteiger partial charge in [0.2, 0.25) is 0 Å². The lowest BCUT2D eigenvalue weighted by Gasteiger charge is -2.26. The molecule has 0 N–H and O–H groups in total. The summed E-state index contributed by atoms with van der Waals surface area (Å²) in [7, 11) is 0. The van der Waals surface area contributed by atoms with Crippen LogP contribution in [0.3, 0.4) is 0 Å². The highest BCUT2D eigenvalue weighted by Gasteiger charge is 2.21. The molecule has 2 aliphatic rings. The fraction of sp³-hybridized carbons (Fsp3) is 0.409. The molecule has 1 heterocycles. The molecule has 1 aromatic carbocycles. The van der Waals surface area contributed by atoms with Gasteiger partial charge in [0, 0.05) is 31.7 Å². The number of anilines is 1. The Bertz CT molecular complexity index is 849. The predicted octanol–water partition coefficient (Wildman–Crippen LogP) is 4.79. The molecule has 4 heteroatoms. The first-order chi connectivity index (χ1) is 12.7. The zero-order chi connectivity index (χ0) is 18.5. The van der Waals surface area contributed by atoms with Gasteiger partial charge in [-0.2, -0.15) is 5.26 Å². The lowest BCUT2D eigenvalue weighted by molar-refractivity contribution is 0.767. The summed E-state index contributed by atoms with van der Waals surface area (Å²) in [4.78, 5) is 11.8. The van der Waals surface area contributed by atoms with Crippen molar-refractivity contribution in [2.45, 2.75) is 40.0 Å². The van der Waals surface area contributed by atoms with Crippen LogP contribution in [-0.4, -0.2) is 31.1 Å². The quantitative estimate of drug-likeness (QED) is 0.695. The monoisotopic (exact) mass is 346 g/mol. The van der Waals surface area contributed by atoms with Gasteiger partial charge in [-0.1, -0.05) is 6.92 Å². The molecular formula is C22H26N4. The second kappa shape index (κ2) is 8.14. The molecule has 4 nitrogen and oxygen atoms in total. The van der Waals surface area contributed by atoms with Crippen LogP contribution < -0.4 is 4.90 Å². The average Bonchev–Trinajstić information content (AvgIpc) is 2.64. The summed E-state index contributed by atoms with van der Waals surface area (Å²) in [6.07, 6.45) is 6.83. The van der Waals surface area contributed by atoms with E-state index >= 15 is 0 Å². The number of benzene rings is 1. The molecule has 1 aliphatic carbocycles. The molecule has 0 saturated carbocycles. The highest BCUT2D eigenvalue weighted by molar-refractivity contribution is 6.24. The average molecular weight is 346 g/mol. The molecule has 0 unspecified atom stereocenters. The third-order valence-electron chi connectivity index (χ3n) is 4.76. The standard InChI is InChI=1S/C22H26N4/c1-4-10-26(11-6-9-23)19-7-8-20-17(14-19)13-18-15-21(24-5-2)16(3)12-22(18)25-20/h7-8,12,14-15H,4-6,10-11,13H2,1-3H3. The van der Waals surface area contributed by atoms with E-state index in [1.54, 1.807) is 0 Å². The van der Waals surface area contributed by atoms with Crippen LogP contribution in [0.1, 0.15) is 39.2 Å². The molecule has 0 radical (unpaired) electrons. The van der Waals surface area contributed by atoms with Gasteiger partial charge < -0.3 is 4.90 Å². The van der Waals surface area contributed by atoms with Crippen molar-refractivity contribution in [3.05, 3.63) is 47.1 Å². The zero-order valence-corrected chi connectivity index (χ0v) is 15.9. The maximum Gasteiger partial charge on any atom is 0.0676 e. The van der Waals surface area contributed by atoms with Crippen LogP contribution in [0.25, 0.3) is 0 Å². The predicted molar refractivity (Wildman–Crippen MR) is 110 cm³/mol. The first kappa shape index (κ1) is 18.1. The third kappa shape index (κ3) is 3.77. The molecule has 0 amide bonds. The van der Waals surface area contributed by atoms with Crippen LogP contribution >= 0.6 is 0 Å². The third-order valence-corrected chi connectivity index (χ3v) is 4.76. The maximum absolute atomic E-state index is 8.92. The van der Waals surface area contributed by atoms with Crippen LogP contribution in [-0.2, 0) is 6.42 Å². The van der Waals surface area contributed by atoms with E-state index in [9.17, 15) is 0 Å². The first-order valence-electron chi connectivity index (χ1n) is 9.43. The number of aliphatic imine (C=N–C) groups is 2. The van der Waals surface area contributed by atoms with Crippen molar-refractivity contribution >= 4 is 22.8 Å². The Morgan fingerprint density at radius 2 is 2.08 bits per heavy atom. The second-order valence-electron chi connectivity index (χ2n) is 6.74. The number of rotatable bonds is 6. The minimum absolute atomic E-state index is 0.547. The number of nitrogens with zero attached hydrogens (tertiary/aromatic N) is 4. The van der Waals surface area contributed by atoms with Crippen LogP contribution in [0.5, 0.6) is 0 Å². The molecule has 0 saturated heterocycles. The van der Waals surface area contributed by atoms with E-state index in [-0.39, 0.29) is 0 Å². The van der Waals surface area contributed by atoms with Crippen LogP contribution in [0.4, 0.5) is 11.4 Å². The van der Waals surface area contributed by atoms with Crippen LogP contribution in [0, 0.1) is 11.3 Å². The molecule has 1 aromatic rings. The minimum atomic E-state index is 0.547. The van der Waals surface area contributed by atoms with Crippen LogP contribution in [0.2, 0.25) is 0 Å². The van der Waals surface area contributed by atoms with Gasteiger partial charge in [-0.15, -0.1) is 0 Å². The number of hydrogen-bond donors (Lipinski definition) is 0. The summed E-state index contributed by atoms with van der Waals surface area (Å²) >= 11 is 0. The van der Waals surface area contributed by atoms with E-state index in [0.29, 0.717) is 6.42 Å². The molecule has 0 aromatic heterocycles. The Hall–Kier alpha value is -2.67. The van der Waals surface area contributed by atoms with E-state index in [0.717, 1.165) is 49.6 Å². The molecule has 3 rings (SSSR count). The lowest BCUT2D eigenvalue weighted by atomic mass is 9.89. The summed E-state index contributed by atoms with van der Waals surface area (Å²) in [5, 5.41) is 8.92. The Morgan fingerprint density at radius 1 is 1.23 bits per heavy atom. The molecule has 0 atom stereocenters. The minimum Gasteiger partial charge on any atom is -0.371 e. The van der Waals surface area contributed by atoms with Crippen molar-refractivity contribution in [3.8, 4) is 6.07 Å². The van der Waals surface area contributed by atoms with E-state index in [4.69, 9.17) is 10.3 Å². The number of fused-ring (bicyclic) bond motifs is 2. The summed E-state index contributed by atoms with van der Waals surface area (Å²) < 4.78 is 0. The maximum atomic E-state index is 8.92. The van der Waals surface area contributed by atoms with E-state index < -0.39 is 0 Å². The van der Waals surface area contributed by atoms with Gasteiger partial charge in [0.1, 0.15) is 0 Å². The van der Waals surface area contributed by atoms with Gasteiger partial charge in [0.15, 0.2) is 0 Å². The molecule has 1 aliphatic heterocycles. The summed E-state index contributed by atoms with van der Waals surface area (Å²) in [6, 6.07) is 8.74. The fourth-order valence-electron chi connectivity index (χ4n) is 3.49. The van der Waals surface area contributed by atoms with E-state index in [2.05, 4.69) is 67.1 Å².